The van der Waals surface area contributed by atoms with Gasteiger partial charge in [-0.15, -0.1) is 0 Å². The molecule has 5 heterocycles. The van der Waals surface area contributed by atoms with Crippen LogP contribution in [0.15, 0.2) is 66.1 Å². The summed E-state index contributed by atoms with van der Waals surface area (Å²) in [4.78, 5) is 32.6. The van der Waals surface area contributed by atoms with Crippen molar-refractivity contribution in [1.82, 2.24) is 24.3 Å². The first-order valence-electron chi connectivity index (χ1n) is 10.4. The van der Waals surface area contributed by atoms with Crippen LogP contribution in [0.4, 0.5) is 0 Å². The van der Waals surface area contributed by atoms with Crippen LogP contribution in [0, 0.1) is 5.92 Å². The summed E-state index contributed by atoms with van der Waals surface area (Å²) in [6.45, 7) is 4.72. The van der Waals surface area contributed by atoms with Crippen molar-refractivity contribution < 1.29 is 9.90 Å². The number of hydrogen-bond donors (Lipinski definition) is 1. The Morgan fingerprint density at radius 2 is 1.69 bits per heavy atom. The van der Waals surface area contributed by atoms with Crippen LogP contribution < -0.4 is 5.43 Å². The summed E-state index contributed by atoms with van der Waals surface area (Å²) in [6, 6.07) is 8.99. The molecule has 4 aromatic heterocycles. The Hall–Kier alpha value is -4.07. The molecule has 5 rings (SSSR count). The third-order valence-corrected chi connectivity index (χ3v) is 5.91. The molecule has 0 amide bonds. The molecule has 0 saturated heterocycles. The van der Waals surface area contributed by atoms with Crippen molar-refractivity contribution in [2.45, 2.75) is 26.4 Å². The number of aromatic nitrogens is 5. The lowest BCUT2D eigenvalue weighted by molar-refractivity contribution is 0.0694. The fraction of sp³-hybridized carbons (Fsp3) is 0.208. The molecule has 8 heteroatoms. The summed E-state index contributed by atoms with van der Waals surface area (Å²) >= 11 is 0. The van der Waals surface area contributed by atoms with Gasteiger partial charge in [0.25, 0.3) is 0 Å². The highest BCUT2D eigenvalue weighted by atomic mass is 16.4. The van der Waals surface area contributed by atoms with Crippen molar-refractivity contribution in [1.29, 1.82) is 0 Å². The van der Waals surface area contributed by atoms with Crippen LogP contribution in [0.25, 0.3) is 33.8 Å². The van der Waals surface area contributed by atoms with Crippen LogP contribution in [0.1, 0.15) is 30.2 Å². The van der Waals surface area contributed by atoms with E-state index in [-0.39, 0.29) is 17.5 Å². The maximum Gasteiger partial charge on any atom is 0.341 e. The highest BCUT2D eigenvalue weighted by Gasteiger charge is 2.33. The molecule has 0 unspecified atom stereocenters. The normalized spacial score (nSPS) is 14.8. The molecule has 0 saturated carbocycles. The van der Waals surface area contributed by atoms with Crippen LogP contribution in [-0.4, -0.2) is 35.4 Å². The summed E-state index contributed by atoms with van der Waals surface area (Å²) in [7, 11) is 0. The van der Waals surface area contributed by atoms with Gasteiger partial charge in [0.15, 0.2) is 5.43 Å². The highest BCUT2D eigenvalue weighted by Crippen LogP contribution is 2.43. The number of carboxylic acid groups (broad SMARTS) is 1. The smallest absolute Gasteiger partial charge is 0.341 e. The van der Waals surface area contributed by atoms with Crippen LogP contribution >= 0.6 is 0 Å². The molecule has 8 nitrogen and oxygen atoms in total. The molecule has 1 N–H and O–H groups in total. The van der Waals surface area contributed by atoms with Crippen molar-refractivity contribution in [2.75, 3.05) is 0 Å². The predicted molar refractivity (Wildman–Crippen MR) is 119 cm³/mol. The number of rotatable bonds is 4. The fourth-order valence-electron chi connectivity index (χ4n) is 4.33. The van der Waals surface area contributed by atoms with E-state index in [0.29, 0.717) is 12.2 Å². The van der Waals surface area contributed by atoms with Gasteiger partial charge in [-0.1, -0.05) is 13.8 Å². The van der Waals surface area contributed by atoms with E-state index >= 15 is 0 Å². The minimum atomic E-state index is -1.22. The molecule has 0 fully saturated rings. The Bertz CT molecular complexity index is 1370. The maximum atomic E-state index is 12.7. The molecule has 0 bridgehead atoms. The van der Waals surface area contributed by atoms with E-state index in [9.17, 15) is 14.7 Å². The van der Waals surface area contributed by atoms with Crippen molar-refractivity contribution in [3.63, 3.8) is 0 Å². The van der Waals surface area contributed by atoms with Crippen LogP contribution in [0.3, 0.4) is 0 Å². The zero-order chi connectivity index (χ0) is 22.4. The van der Waals surface area contributed by atoms with E-state index in [0.717, 1.165) is 28.1 Å². The quantitative estimate of drug-likeness (QED) is 0.532. The molecule has 0 spiro atoms. The van der Waals surface area contributed by atoms with Gasteiger partial charge in [0, 0.05) is 48.2 Å². The van der Waals surface area contributed by atoms with E-state index in [1.54, 1.807) is 24.8 Å². The van der Waals surface area contributed by atoms with Crippen LogP contribution in [0.2, 0.25) is 0 Å². The molecule has 4 aromatic rings. The molecular weight excluding hydrogens is 406 g/mol. The summed E-state index contributed by atoms with van der Waals surface area (Å²) < 4.78 is 3.86. The summed E-state index contributed by atoms with van der Waals surface area (Å²) in [5.41, 5.74) is 4.16. The molecule has 160 valence electrons. The minimum Gasteiger partial charge on any atom is -0.477 e. The number of carboxylic acids is 1. The van der Waals surface area contributed by atoms with Gasteiger partial charge in [-0.3, -0.25) is 19.4 Å². The number of fused-ring (bicyclic) bond motifs is 3. The van der Waals surface area contributed by atoms with Crippen molar-refractivity contribution in [2.24, 2.45) is 5.92 Å². The van der Waals surface area contributed by atoms with Gasteiger partial charge in [0.1, 0.15) is 11.3 Å². The van der Waals surface area contributed by atoms with E-state index in [4.69, 9.17) is 5.10 Å². The molecule has 1 aliphatic heterocycles. The molecule has 0 radical (unpaired) electrons. The van der Waals surface area contributed by atoms with E-state index < -0.39 is 11.4 Å². The molecule has 32 heavy (non-hydrogen) atoms. The molecule has 1 aliphatic rings. The Morgan fingerprint density at radius 3 is 2.28 bits per heavy atom. The second kappa shape index (κ2) is 7.56. The van der Waals surface area contributed by atoms with Gasteiger partial charge in [-0.2, -0.15) is 5.10 Å². The second-order valence-electron chi connectivity index (χ2n) is 8.19. The Kier molecular flexibility index (Phi) is 4.70. The van der Waals surface area contributed by atoms with Gasteiger partial charge in [-0.05, 0) is 35.7 Å². The van der Waals surface area contributed by atoms with Gasteiger partial charge in [0.2, 0.25) is 0 Å². The van der Waals surface area contributed by atoms with Crippen molar-refractivity contribution >= 4 is 5.97 Å². The van der Waals surface area contributed by atoms with E-state index in [1.807, 2.05) is 33.5 Å². The van der Waals surface area contributed by atoms with Crippen LogP contribution in [-0.2, 0) is 6.54 Å². The van der Waals surface area contributed by atoms with Crippen molar-refractivity contribution in [3.05, 3.63) is 77.1 Å². The predicted octanol–water partition coefficient (Wildman–Crippen LogP) is 3.74. The van der Waals surface area contributed by atoms with E-state index in [2.05, 4.69) is 23.8 Å². The van der Waals surface area contributed by atoms with Gasteiger partial charge in [-0.25, -0.2) is 4.79 Å². The first-order chi connectivity index (χ1) is 15.5. The monoisotopic (exact) mass is 427 g/mol. The first kappa shape index (κ1) is 19.9. The average molecular weight is 427 g/mol. The molecule has 0 aromatic carbocycles. The fourth-order valence-corrected chi connectivity index (χ4v) is 4.33. The third kappa shape index (κ3) is 3.11. The van der Waals surface area contributed by atoms with Gasteiger partial charge in [0.05, 0.1) is 24.0 Å². The molecule has 0 aliphatic carbocycles. The lowest BCUT2D eigenvalue weighted by Gasteiger charge is -2.32. The largest absolute Gasteiger partial charge is 0.477 e. The Morgan fingerprint density at radius 1 is 1.06 bits per heavy atom. The third-order valence-electron chi connectivity index (χ3n) is 5.91. The van der Waals surface area contributed by atoms with Gasteiger partial charge >= 0.3 is 5.97 Å². The van der Waals surface area contributed by atoms with Crippen LogP contribution in [0.5, 0.6) is 0 Å². The standard InChI is InChI=1S/C24H21N5O3/c1-14(2)19-13-29-23(18-11-20(30)17(24(31)32)12-28(18)19)21(15-3-7-25-8-4-15)22(27-29)16-5-9-26-10-6-16/h3-12,14,19H,13H2,1-2H3,(H,31,32)/t19-/m0/s1. The van der Waals surface area contributed by atoms with Crippen molar-refractivity contribution in [3.8, 4) is 33.8 Å². The maximum absolute atomic E-state index is 12.7. The zero-order valence-corrected chi connectivity index (χ0v) is 17.6. The van der Waals surface area contributed by atoms with Gasteiger partial charge < -0.3 is 9.67 Å². The SMILES string of the molecule is CC(C)[C@@H]1Cn2nc(-c3ccncc3)c(-c3ccncc3)c2-c2cc(=O)c(C(=O)O)cn21. The van der Waals surface area contributed by atoms with E-state index in [1.165, 1.54) is 12.3 Å². The number of hydrogen-bond acceptors (Lipinski definition) is 5. The number of nitrogens with zero attached hydrogens (tertiary/aromatic N) is 5. The highest BCUT2D eigenvalue weighted by molar-refractivity contribution is 5.92. The summed E-state index contributed by atoms with van der Waals surface area (Å²) in [6.07, 6.45) is 8.35. The lowest BCUT2D eigenvalue weighted by atomic mass is 9.95. The minimum absolute atomic E-state index is 0.0494. The number of pyridine rings is 3. The summed E-state index contributed by atoms with van der Waals surface area (Å²) in [5, 5.41) is 14.5. The average Bonchev–Trinajstić information content (AvgIpc) is 3.19. The first-order valence-corrected chi connectivity index (χ1v) is 10.4. The molecular formula is C24H21N5O3. The Labute approximate surface area is 183 Å². The zero-order valence-electron chi connectivity index (χ0n) is 17.6. The lowest BCUT2D eigenvalue weighted by Crippen LogP contribution is -2.31. The number of carbonyl (C=O) groups is 1. The number of aromatic carboxylic acids is 1. The molecule has 1 atom stereocenters. The second-order valence-corrected chi connectivity index (χ2v) is 8.19. The topological polar surface area (TPSA) is 103 Å². The Balaban J connectivity index is 1.87. The summed E-state index contributed by atoms with van der Waals surface area (Å²) in [5.74, 6) is -1.03.